The number of aryl methyl sites for hydroxylation is 1. The second-order valence-corrected chi connectivity index (χ2v) is 7.44. The molecule has 2 aromatic rings. The summed E-state index contributed by atoms with van der Waals surface area (Å²) in [6.07, 6.45) is 1.13. The highest BCUT2D eigenvalue weighted by Crippen LogP contribution is 2.20. The number of carbonyl (C=O) groups excluding carboxylic acids is 1. The summed E-state index contributed by atoms with van der Waals surface area (Å²) in [4.78, 5) is 11.9. The van der Waals surface area contributed by atoms with Crippen LogP contribution in [0.1, 0.15) is 5.56 Å². The van der Waals surface area contributed by atoms with Gasteiger partial charge in [0.25, 0.3) is 5.91 Å². The fraction of sp³-hybridized carbons (Fsp3) is 0.235. The van der Waals surface area contributed by atoms with Crippen molar-refractivity contribution >= 4 is 27.3 Å². The molecule has 7 heteroatoms. The first-order valence-corrected chi connectivity index (χ1v) is 9.14. The van der Waals surface area contributed by atoms with Crippen LogP contribution in [0.3, 0.4) is 0 Å². The number of nitrogens with zero attached hydrogens (tertiary/aromatic N) is 1. The van der Waals surface area contributed by atoms with Crippen LogP contribution in [0, 0.1) is 6.92 Å². The van der Waals surface area contributed by atoms with Gasteiger partial charge in [-0.3, -0.25) is 9.10 Å². The van der Waals surface area contributed by atoms with Crippen molar-refractivity contribution in [3.63, 3.8) is 0 Å². The Morgan fingerprint density at radius 2 is 1.67 bits per heavy atom. The van der Waals surface area contributed by atoms with E-state index < -0.39 is 10.0 Å². The predicted molar refractivity (Wildman–Crippen MR) is 95.0 cm³/mol. The zero-order valence-electron chi connectivity index (χ0n) is 13.8. The maximum atomic E-state index is 11.9. The van der Waals surface area contributed by atoms with Gasteiger partial charge in [0.2, 0.25) is 10.0 Å². The zero-order chi connectivity index (χ0) is 17.7. The molecule has 0 heterocycles. The van der Waals surface area contributed by atoms with Crippen LogP contribution in [0.25, 0.3) is 0 Å². The van der Waals surface area contributed by atoms with E-state index in [0.717, 1.165) is 11.8 Å². The molecule has 0 spiro atoms. The first-order valence-electron chi connectivity index (χ1n) is 7.29. The van der Waals surface area contributed by atoms with Gasteiger partial charge in [-0.15, -0.1) is 0 Å². The second kappa shape index (κ2) is 7.35. The minimum Gasteiger partial charge on any atom is -0.484 e. The van der Waals surface area contributed by atoms with E-state index in [1.807, 2.05) is 31.2 Å². The van der Waals surface area contributed by atoms with Crippen molar-refractivity contribution in [2.45, 2.75) is 6.92 Å². The number of ether oxygens (including phenoxy) is 1. The van der Waals surface area contributed by atoms with Gasteiger partial charge in [-0.25, -0.2) is 8.42 Å². The highest BCUT2D eigenvalue weighted by Gasteiger charge is 2.11. The largest absolute Gasteiger partial charge is 0.484 e. The Balaban J connectivity index is 1.90. The first-order chi connectivity index (χ1) is 11.3. The summed E-state index contributed by atoms with van der Waals surface area (Å²) in [7, 11) is -1.83. The molecule has 0 bridgehead atoms. The van der Waals surface area contributed by atoms with Crippen molar-refractivity contribution < 1.29 is 17.9 Å². The number of hydrogen-bond acceptors (Lipinski definition) is 4. The fourth-order valence-electron chi connectivity index (χ4n) is 1.93. The SMILES string of the molecule is Cc1ccc(NC(=O)COc2ccc(N(C)S(C)(=O)=O)cc2)cc1. The van der Waals surface area contributed by atoms with E-state index in [9.17, 15) is 13.2 Å². The summed E-state index contributed by atoms with van der Waals surface area (Å²) < 4.78 is 29.5. The number of sulfonamides is 1. The minimum atomic E-state index is -3.30. The fourth-order valence-corrected chi connectivity index (χ4v) is 2.43. The number of benzene rings is 2. The Morgan fingerprint density at radius 3 is 2.21 bits per heavy atom. The van der Waals surface area contributed by atoms with Crippen LogP contribution < -0.4 is 14.4 Å². The Hall–Kier alpha value is -2.54. The molecule has 0 radical (unpaired) electrons. The molecule has 2 aromatic carbocycles. The van der Waals surface area contributed by atoms with Crippen LogP contribution in [-0.4, -0.2) is 34.2 Å². The van der Waals surface area contributed by atoms with Crippen LogP contribution in [0.15, 0.2) is 48.5 Å². The quantitative estimate of drug-likeness (QED) is 0.870. The summed E-state index contributed by atoms with van der Waals surface area (Å²) in [6.45, 7) is 1.84. The lowest BCUT2D eigenvalue weighted by Gasteiger charge is -2.16. The number of rotatable bonds is 6. The molecule has 0 unspecified atom stereocenters. The highest BCUT2D eigenvalue weighted by atomic mass is 32.2. The normalized spacial score (nSPS) is 11.0. The van der Waals surface area contributed by atoms with E-state index in [2.05, 4.69) is 5.32 Å². The predicted octanol–water partition coefficient (Wildman–Crippen LogP) is 2.41. The lowest BCUT2D eigenvalue weighted by molar-refractivity contribution is -0.118. The molecule has 0 aliphatic carbocycles. The van der Waals surface area contributed by atoms with Gasteiger partial charge in [0.1, 0.15) is 5.75 Å². The molecule has 2 rings (SSSR count). The third kappa shape index (κ3) is 4.99. The van der Waals surface area contributed by atoms with E-state index in [1.54, 1.807) is 24.3 Å². The summed E-state index contributed by atoms with van der Waals surface area (Å²) in [5.41, 5.74) is 2.34. The van der Waals surface area contributed by atoms with Gasteiger partial charge in [0, 0.05) is 12.7 Å². The molecule has 0 aliphatic rings. The number of hydrogen-bond donors (Lipinski definition) is 1. The molecular weight excluding hydrogens is 328 g/mol. The van der Waals surface area contributed by atoms with Gasteiger partial charge in [-0.05, 0) is 43.3 Å². The third-order valence-electron chi connectivity index (χ3n) is 3.40. The molecule has 1 amide bonds. The molecule has 6 nitrogen and oxygen atoms in total. The molecule has 0 saturated carbocycles. The van der Waals surface area contributed by atoms with Crippen LogP contribution in [0.2, 0.25) is 0 Å². The summed E-state index contributed by atoms with van der Waals surface area (Å²) in [5, 5.41) is 2.74. The van der Waals surface area contributed by atoms with Gasteiger partial charge in [-0.1, -0.05) is 17.7 Å². The van der Waals surface area contributed by atoms with Gasteiger partial charge in [0.15, 0.2) is 6.61 Å². The second-order valence-electron chi connectivity index (χ2n) is 5.43. The van der Waals surface area contributed by atoms with Crippen molar-refractivity contribution in [3.8, 4) is 5.75 Å². The lowest BCUT2D eigenvalue weighted by atomic mass is 10.2. The minimum absolute atomic E-state index is 0.130. The number of carbonyl (C=O) groups is 1. The first kappa shape index (κ1) is 17.8. The monoisotopic (exact) mass is 348 g/mol. The topological polar surface area (TPSA) is 75.7 Å². The van der Waals surface area contributed by atoms with Crippen molar-refractivity contribution in [1.82, 2.24) is 0 Å². The molecule has 128 valence electrons. The van der Waals surface area contributed by atoms with E-state index in [-0.39, 0.29) is 12.5 Å². The summed E-state index contributed by atoms with van der Waals surface area (Å²) >= 11 is 0. The highest BCUT2D eigenvalue weighted by molar-refractivity contribution is 7.92. The molecular formula is C17H20N2O4S. The van der Waals surface area contributed by atoms with Gasteiger partial charge in [-0.2, -0.15) is 0 Å². The smallest absolute Gasteiger partial charge is 0.262 e. The summed E-state index contributed by atoms with van der Waals surface area (Å²) in [6, 6.07) is 13.9. The molecule has 24 heavy (non-hydrogen) atoms. The van der Waals surface area contributed by atoms with Crippen molar-refractivity contribution in [2.24, 2.45) is 0 Å². The molecule has 0 saturated heterocycles. The van der Waals surface area contributed by atoms with Crippen LogP contribution in [0.5, 0.6) is 5.75 Å². The Bertz CT molecular complexity index is 799. The van der Waals surface area contributed by atoms with Gasteiger partial charge >= 0.3 is 0 Å². The Morgan fingerprint density at radius 1 is 1.08 bits per heavy atom. The molecule has 0 aliphatic heterocycles. The third-order valence-corrected chi connectivity index (χ3v) is 4.61. The van der Waals surface area contributed by atoms with Crippen LogP contribution in [0.4, 0.5) is 11.4 Å². The van der Waals surface area contributed by atoms with Crippen LogP contribution in [-0.2, 0) is 14.8 Å². The van der Waals surface area contributed by atoms with E-state index in [4.69, 9.17) is 4.74 Å². The maximum absolute atomic E-state index is 11.9. The average molecular weight is 348 g/mol. The van der Waals surface area contributed by atoms with Crippen molar-refractivity contribution in [1.29, 1.82) is 0 Å². The Labute approximate surface area is 142 Å². The average Bonchev–Trinajstić information content (AvgIpc) is 2.54. The summed E-state index contributed by atoms with van der Waals surface area (Å²) in [5.74, 6) is 0.218. The van der Waals surface area contributed by atoms with Crippen molar-refractivity contribution in [3.05, 3.63) is 54.1 Å². The number of amides is 1. The van der Waals surface area contributed by atoms with Gasteiger partial charge < -0.3 is 10.1 Å². The molecule has 0 aromatic heterocycles. The number of nitrogens with one attached hydrogen (secondary N) is 1. The Kier molecular flexibility index (Phi) is 5.46. The molecule has 0 fully saturated rings. The van der Waals surface area contributed by atoms with Gasteiger partial charge in [0.05, 0.1) is 11.9 Å². The van der Waals surface area contributed by atoms with Crippen molar-refractivity contribution in [2.75, 3.05) is 29.5 Å². The molecule has 1 N–H and O–H groups in total. The lowest BCUT2D eigenvalue weighted by Crippen LogP contribution is -2.24. The van der Waals surface area contributed by atoms with Crippen LogP contribution >= 0.6 is 0 Å². The standard InChI is InChI=1S/C17H20N2O4S/c1-13-4-6-14(7-5-13)18-17(20)12-23-16-10-8-15(9-11-16)19(2)24(3,21)22/h4-11H,12H2,1-3H3,(H,18,20). The maximum Gasteiger partial charge on any atom is 0.262 e. The van der Waals surface area contributed by atoms with E-state index >= 15 is 0 Å². The van der Waals surface area contributed by atoms with E-state index in [1.165, 1.54) is 11.4 Å². The zero-order valence-corrected chi connectivity index (χ0v) is 14.6. The van der Waals surface area contributed by atoms with E-state index in [0.29, 0.717) is 17.1 Å². The number of anilines is 2. The molecule has 0 atom stereocenters.